The molecule has 0 saturated carbocycles. The number of rotatable bonds is 6. The quantitative estimate of drug-likeness (QED) is 0.565. The molecule has 0 bridgehead atoms. The largest absolute Gasteiger partial charge is 0.324 e. The van der Waals surface area contributed by atoms with E-state index in [2.05, 4.69) is 60.0 Å². The molecule has 1 aliphatic heterocycles. The third-order valence-corrected chi connectivity index (χ3v) is 5.83. The summed E-state index contributed by atoms with van der Waals surface area (Å²) in [4.78, 5) is 15.5. The first kappa shape index (κ1) is 22.6. The second-order valence-corrected chi connectivity index (χ2v) is 10.6. The van der Waals surface area contributed by atoms with E-state index in [4.69, 9.17) is 0 Å². The van der Waals surface area contributed by atoms with Gasteiger partial charge in [0.25, 0.3) is 0 Å². The number of nitriles is 1. The third-order valence-electron chi connectivity index (χ3n) is 5.20. The molecular weight excluding hydrogens is 436 g/mol. The van der Waals surface area contributed by atoms with Crippen LogP contribution in [0.4, 0.5) is 29.1 Å². The molecule has 0 unspecified atom stereocenters. The molecule has 1 aromatic carbocycles. The number of aromatic nitrogens is 3. The molecule has 9 nitrogen and oxygen atoms in total. The Hall–Kier alpha value is -3.55. The van der Waals surface area contributed by atoms with Gasteiger partial charge in [-0.2, -0.15) is 14.6 Å². The highest BCUT2D eigenvalue weighted by Crippen LogP contribution is 2.25. The molecule has 10 heteroatoms. The molecule has 33 heavy (non-hydrogen) atoms. The van der Waals surface area contributed by atoms with Gasteiger partial charge in [-0.05, 0) is 48.4 Å². The second-order valence-electron chi connectivity index (χ2n) is 8.07. The highest BCUT2D eigenvalue weighted by Gasteiger charge is 2.16. The Morgan fingerprint density at radius 1 is 1.18 bits per heavy atom. The third kappa shape index (κ3) is 5.83. The number of nitrogens with zero attached hydrogens (tertiary/aromatic N) is 6. The molecule has 0 aliphatic carbocycles. The first-order chi connectivity index (χ1) is 15.8. The summed E-state index contributed by atoms with van der Waals surface area (Å²) in [6.07, 6.45) is 5.61. The number of anilines is 4. The predicted octanol–water partition coefficient (Wildman–Crippen LogP) is 3.97. The standard InChI is InChI=1S/C23H26N8OS/c1-4-31-11-10-16-8-9-19(12-17(16)15-31)26-23-25-14-18(13-24)22(29-23)28-20-6-5-7-21(27-20)30-33(2,3)32/h5-9,12,14H,4,10-11,15H2,1-3H3,(H2,25,26,27,28,29). The lowest BCUT2D eigenvalue weighted by atomic mass is 9.99. The van der Waals surface area contributed by atoms with Gasteiger partial charge in [-0.3, -0.25) is 4.90 Å². The van der Waals surface area contributed by atoms with Gasteiger partial charge in [0.2, 0.25) is 5.95 Å². The van der Waals surface area contributed by atoms with E-state index in [1.807, 2.05) is 6.07 Å². The molecule has 0 saturated heterocycles. The normalized spacial score (nSPS) is 13.6. The molecule has 0 fully saturated rings. The molecule has 0 atom stereocenters. The summed E-state index contributed by atoms with van der Waals surface area (Å²) in [5.74, 6) is 1.47. The Labute approximate surface area is 194 Å². The van der Waals surface area contributed by atoms with Crippen molar-refractivity contribution in [2.75, 3.05) is 36.2 Å². The number of likely N-dealkylation sites (N-methyl/N-ethyl adjacent to an activating group) is 1. The minimum absolute atomic E-state index is 0.281. The van der Waals surface area contributed by atoms with Crippen molar-refractivity contribution in [2.24, 2.45) is 4.36 Å². The lowest BCUT2D eigenvalue weighted by molar-refractivity contribution is 0.268. The van der Waals surface area contributed by atoms with Crippen LogP contribution in [0.1, 0.15) is 23.6 Å². The average molecular weight is 463 g/mol. The summed E-state index contributed by atoms with van der Waals surface area (Å²) in [7, 11) is -2.34. The van der Waals surface area contributed by atoms with Crippen molar-refractivity contribution in [2.45, 2.75) is 19.9 Å². The Bertz CT molecular complexity index is 1330. The fourth-order valence-electron chi connectivity index (χ4n) is 3.60. The Morgan fingerprint density at radius 2 is 2.03 bits per heavy atom. The summed E-state index contributed by atoms with van der Waals surface area (Å²) >= 11 is 0. The van der Waals surface area contributed by atoms with E-state index in [9.17, 15) is 9.47 Å². The molecule has 0 spiro atoms. The molecule has 0 amide bonds. The average Bonchev–Trinajstić information content (AvgIpc) is 2.78. The zero-order chi connectivity index (χ0) is 23.4. The van der Waals surface area contributed by atoms with Crippen LogP contribution in [0.25, 0.3) is 0 Å². The van der Waals surface area contributed by atoms with E-state index in [0.717, 1.165) is 31.7 Å². The van der Waals surface area contributed by atoms with E-state index in [0.29, 0.717) is 23.4 Å². The topological polar surface area (TPSA) is 119 Å². The molecule has 1 aliphatic rings. The van der Waals surface area contributed by atoms with Gasteiger partial charge in [0.15, 0.2) is 11.6 Å². The monoisotopic (exact) mass is 462 g/mol. The van der Waals surface area contributed by atoms with Crippen LogP contribution >= 0.6 is 0 Å². The van der Waals surface area contributed by atoms with Crippen molar-refractivity contribution in [1.29, 1.82) is 5.26 Å². The van der Waals surface area contributed by atoms with Crippen molar-refractivity contribution in [3.05, 3.63) is 59.3 Å². The second kappa shape index (κ2) is 9.52. The fourth-order valence-corrected chi connectivity index (χ4v) is 4.15. The molecule has 0 radical (unpaired) electrons. The number of fused-ring (bicyclic) bond motifs is 1. The fraction of sp³-hybridized carbons (Fsp3) is 0.304. The Morgan fingerprint density at radius 3 is 2.79 bits per heavy atom. The van der Waals surface area contributed by atoms with Gasteiger partial charge in [0.1, 0.15) is 17.5 Å². The SMILES string of the molecule is CCN1CCc2ccc(Nc3ncc(C#N)c(Nc4cccc(N=S(C)(C)=O)n4)n3)cc2C1. The first-order valence-electron chi connectivity index (χ1n) is 10.6. The maximum absolute atomic E-state index is 12.0. The summed E-state index contributed by atoms with van der Waals surface area (Å²) < 4.78 is 16.1. The first-order valence-corrected chi connectivity index (χ1v) is 13.0. The summed E-state index contributed by atoms with van der Waals surface area (Å²) in [5.41, 5.74) is 3.84. The van der Waals surface area contributed by atoms with Gasteiger partial charge in [0, 0.05) is 41.0 Å². The molecule has 3 heterocycles. The number of pyridine rings is 1. The molecule has 170 valence electrons. The van der Waals surface area contributed by atoms with Gasteiger partial charge in [-0.25, -0.2) is 14.2 Å². The van der Waals surface area contributed by atoms with Crippen LogP contribution in [0.15, 0.2) is 47.0 Å². The highest BCUT2D eigenvalue weighted by atomic mass is 32.2. The minimum Gasteiger partial charge on any atom is -0.324 e. The molecule has 2 aromatic heterocycles. The summed E-state index contributed by atoms with van der Waals surface area (Å²) in [6.45, 7) is 5.21. The van der Waals surface area contributed by atoms with Gasteiger partial charge < -0.3 is 10.6 Å². The van der Waals surface area contributed by atoms with Crippen molar-refractivity contribution in [3.63, 3.8) is 0 Å². The van der Waals surface area contributed by atoms with Crippen molar-refractivity contribution in [3.8, 4) is 6.07 Å². The van der Waals surface area contributed by atoms with Crippen LogP contribution in [0.3, 0.4) is 0 Å². The van der Waals surface area contributed by atoms with Crippen LogP contribution in [0, 0.1) is 11.3 Å². The van der Waals surface area contributed by atoms with Gasteiger partial charge in [-0.15, -0.1) is 0 Å². The molecule has 3 aromatic rings. The van der Waals surface area contributed by atoms with Gasteiger partial charge >= 0.3 is 0 Å². The number of hydrogen-bond donors (Lipinski definition) is 2. The smallest absolute Gasteiger partial charge is 0.229 e. The maximum atomic E-state index is 12.0. The van der Waals surface area contributed by atoms with Crippen molar-refractivity contribution < 1.29 is 4.21 Å². The molecule has 4 rings (SSSR count). The minimum atomic E-state index is -2.34. The number of hydrogen-bond acceptors (Lipinski definition) is 9. The Balaban J connectivity index is 1.58. The van der Waals surface area contributed by atoms with E-state index in [1.165, 1.54) is 17.3 Å². The number of nitrogens with one attached hydrogen (secondary N) is 2. The van der Waals surface area contributed by atoms with Crippen LogP contribution in [0.5, 0.6) is 0 Å². The van der Waals surface area contributed by atoms with Crippen LogP contribution in [0.2, 0.25) is 0 Å². The van der Waals surface area contributed by atoms with Crippen LogP contribution in [-0.4, -0.2) is 49.7 Å². The van der Waals surface area contributed by atoms with Gasteiger partial charge in [-0.1, -0.05) is 19.1 Å². The van der Waals surface area contributed by atoms with E-state index < -0.39 is 9.73 Å². The lowest BCUT2D eigenvalue weighted by Gasteiger charge is -2.27. The molecular formula is C23H26N8OS. The highest BCUT2D eigenvalue weighted by molar-refractivity contribution is 7.92. The predicted molar refractivity (Wildman–Crippen MR) is 131 cm³/mol. The summed E-state index contributed by atoms with van der Waals surface area (Å²) in [6, 6.07) is 13.5. The van der Waals surface area contributed by atoms with Crippen LogP contribution in [-0.2, 0) is 22.7 Å². The zero-order valence-corrected chi connectivity index (χ0v) is 19.7. The van der Waals surface area contributed by atoms with E-state index >= 15 is 0 Å². The van der Waals surface area contributed by atoms with Gasteiger partial charge in [0.05, 0.1) is 6.20 Å². The zero-order valence-electron chi connectivity index (χ0n) is 18.9. The maximum Gasteiger partial charge on any atom is 0.229 e. The van der Waals surface area contributed by atoms with E-state index in [1.54, 1.807) is 30.7 Å². The van der Waals surface area contributed by atoms with Crippen molar-refractivity contribution in [1.82, 2.24) is 19.9 Å². The number of benzene rings is 1. The summed E-state index contributed by atoms with van der Waals surface area (Å²) in [5, 5.41) is 15.8. The van der Waals surface area contributed by atoms with E-state index in [-0.39, 0.29) is 5.56 Å². The lowest BCUT2D eigenvalue weighted by Crippen LogP contribution is -2.30. The van der Waals surface area contributed by atoms with Crippen LogP contribution < -0.4 is 10.6 Å². The van der Waals surface area contributed by atoms with Crippen molar-refractivity contribution >= 4 is 38.8 Å². The molecule has 2 N–H and O–H groups in total. The Kier molecular flexibility index (Phi) is 6.53.